The van der Waals surface area contributed by atoms with Crippen molar-refractivity contribution < 1.29 is 47.7 Å². The molecule has 2 N–H and O–H groups in total. The molecule has 3 heterocycles. The third-order valence-corrected chi connectivity index (χ3v) is 7.43. The summed E-state index contributed by atoms with van der Waals surface area (Å²) in [6.45, 7) is 15.0. The van der Waals surface area contributed by atoms with Gasteiger partial charge in [-0.15, -0.1) is 0 Å². The highest BCUT2D eigenvalue weighted by molar-refractivity contribution is 6.00. The van der Waals surface area contributed by atoms with Crippen LogP contribution in [-0.2, 0) is 42.9 Å². The first-order chi connectivity index (χ1) is 19.3. The van der Waals surface area contributed by atoms with E-state index in [2.05, 4.69) is 15.4 Å². The summed E-state index contributed by atoms with van der Waals surface area (Å²) in [7, 11) is 2.56. The largest absolute Gasteiger partial charge is 0.469 e. The monoisotopic (exact) mass is 599 g/mol. The van der Waals surface area contributed by atoms with Gasteiger partial charge in [-0.2, -0.15) is 0 Å². The number of carbonyl (C=O) groups is 5. The Morgan fingerprint density at radius 2 is 1.57 bits per heavy atom. The Bertz CT molecular complexity index is 1020. The minimum absolute atomic E-state index is 0.0115. The molecular weight excluding hydrogens is 550 g/mol. The molecule has 2 unspecified atom stereocenters. The smallest absolute Gasteiger partial charge is 0.410 e. The highest BCUT2D eigenvalue weighted by Crippen LogP contribution is 2.35. The number of nitrogens with zero attached hydrogens (tertiary/aromatic N) is 1. The van der Waals surface area contributed by atoms with Gasteiger partial charge in [0, 0.05) is 32.5 Å². The van der Waals surface area contributed by atoms with Crippen LogP contribution < -0.4 is 10.6 Å². The maximum Gasteiger partial charge on any atom is 0.410 e. The number of hydrogen-bond acceptors (Lipinski definition) is 11. The van der Waals surface area contributed by atoms with E-state index in [1.54, 1.807) is 20.8 Å². The molecule has 0 aromatic heterocycles. The van der Waals surface area contributed by atoms with Crippen molar-refractivity contribution in [3.63, 3.8) is 0 Å². The van der Waals surface area contributed by atoms with Crippen LogP contribution in [0.25, 0.3) is 0 Å². The van der Waals surface area contributed by atoms with Crippen molar-refractivity contribution in [2.45, 2.75) is 91.0 Å². The van der Waals surface area contributed by atoms with E-state index in [9.17, 15) is 24.0 Å². The van der Waals surface area contributed by atoms with Gasteiger partial charge >= 0.3 is 18.0 Å². The van der Waals surface area contributed by atoms with E-state index in [0.29, 0.717) is 26.0 Å². The van der Waals surface area contributed by atoms with E-state index < -0.39 is 40.1 Å². The van der Waals surface area contributed by atoms with E-state index in [1.807, 2.05) is 27.7 Å². The van der Waals surface area contributed by atoms with Crippen LogP contribution in [-0.4, -0.2) is 105 Å². The Morgan fingerprint density at radius 3 is 2.14 bits per heavy atom. The molecule has 3 rings (SSSR count). The molecule has 3 fully saturated rings. The molecule has 42 heavy (non-hydrogen) atoms. The van der Waals surface area contributed by atoms with Gasteiger partial charge < -0.3 is 33.9 Å². The lowest BCUT2D eigenvalue weighted by molar-refractivity contribution is -0.160. The minimum atomic E-state index is -1.17. The zero-order valence-electron chi connectivity index (χ0n) is 26.6. The van der Waals surface area contributed by atoms with Gasteiger partial charge in [0.25, 0.3) is 0 Å². The summed E-state index contributed by atoms with van der Waals surface area (Å²) in [4.78, 5) is 61.3. The number of piperidine rings is 1. The van der Waals surface area contributed by atoms with Gasteiger partial charge in [0.05, 0.1) is 50.6 Å². The van der Waals surface area contributed by atoms with Gasteiger partial charge in [0.15, 0.2) is 0 Å². The standard InChI is InChI=1S/C18H31NO7.C11H18N2O3/c1-16(2,3)26-15(22)19-10-17(4,5)25-12-18(11-19,14(21)24-7)9-8-13(20)23-6;1-10(2)5-12-6-11(7-16-10)4-3-8(14)13-9(11)15/h8-12H2,1-7H3;12H,3-7H2,1-2H3,(H,13,14,15). The average molecular weight is 600 g/mol. The number of ether oxygens (including phenoxy) is 5. The Balaban J connectivity index is 0.000000327. The number of esters is 2. The van der Waals surface area contributed by atoms with Crippen LogP contribution in [0.3, 0.4) is 0 Å². The fourth-order valence-corrected chi connectivity index (χ4v) is 4.93. The van der Waals surface area contributed by atoms with Crippen LogP contribution in [0.4, 0.5) is 4.79 Å². The summed E-state index contributed by atoms with van der Waals surface area (Å²) in [6, 6.07) is 0. The highest BCUT2D eigenvalue weighted by atomic mass is 16.6. The second-order valence-corrected chi connectivity index (χ2v) is 13.5. The third-order valence-electron chi connectivity index (χ3n) is 7.43. The van der Waals surface area contributed by atoms with Crippen molar-refractivity contribution in [3.05, 3.63) is 0 Å². The van der Waals surface area contributed by atoms with Crippen molar-refractivity contribution in [1.82, 2.24) is 15.5 Å². The lowest BCUT2D eigenvalue weighted by Crippen LogP contribution is -2.54. The van der Waals surface area contributed by atoms with E-state index in [1.165, 1.54) is 19.1 Å². The quantitative estimate of drug-likeness (QED) is 0.276. The van der Waals surface area contributed by atoms with E-state index in [-0.39, 0.29) is 50.0 Å². The lowest BCUT2D eigenvalue weighted by atomic mass is 9.80. The molecule has 0 aromatic rings. The summed E-state index contributed by atoms with van der Waals surface area (Å²) < 4.78 is 26.8. The zero-order chi connectivity index (χ0) is 32.0. The molecule has 3 amide bonds. The SMILES string of the molecule is CC1(C)CNCC2(CCC(=O)NC2=O)CO1.COC(=O)CCC1(C(=O)OC)COC(C)(C)CN(C(=O)OC(C)(C)C)C1. The molecule has 13 nitrogen and oxygen atoms in total. The van der Waals surface area contributed by atoms with Gasteiger partial charge in [-0.25, -0.2) is 4.79 Å². The number of carbonyl (C=O) groups excluding carboxylic acids is 5. The van der Waals surface area contributed by atoms with Crippen molar-refractivity contribution in [2.24, 2.45) is 10.8 Å². The molecule has 0 aromatic carbocycles. The Hall–Kier alpha value is -2.77. The van der Waals surface area contributed by atoms with Crippen LogP contribution >= 0.6 is 0 Å². The molecule has 1 spiro atoms. The molecule has 13 heteroatoms. The summed E-state index contributed by atoms with van der Waals surface area (Å²) in [5.74, 6) is -1.36. The molecule has 0 aliphatic carbocycles. The zero-order valence-corrected chi connectivity index (χ0v) is 26.6. The molecule has 0 saturated carbocycles. The van der Waals surface area contributed by atoms with E-state index >= 15 is 0 Å². The number of hydrogen-bond donors (Lipinski definition) is 2. The highest BCUT2D eigenvalue weighted by Gasteiger charge is 2.48. The first kappa shape index (κ1) is 35.4. The van der Waals surface area contributed by atoms with Crippen LogP contribution in [0.5, 0.6) is 0 Å². The van der Waals surface area contributed by atoms with Gasteiger partial charge in [-0.3, -0.25) is 24.5 Å². The molecule has 0 bridgehead atoms. The molecule has 0 radical (unpaired) electrons. The topological polar surface area (TPSA) is 159 Å². The normalized spacial score (nSPS) is 27.4. The van der Waals surface area contributed by atoms with Crippen molar-refractivity contribution in [2.75, 3.05) is 53.6 Å². The number of nitrogens with one attached hydrogen (secondary N) is 2. The minimum Gasteiger partial charge on any atom is -0.469 e. The van der Waals surface area contributed by atoms with Crippen molar-refractivity contribution >= 4 is 29.8 Å². The number of methoxy groups -OCH3 is 2. The van der Waals surface area contributed by atoms with Gasteiger partial charge in [-0.05, 0) is 61.3 Å². The fraction of sp³-hybridized carbons (Fsp3) is 0.828. The number of amides is 3. The first-order valence-electron chi connectivity index (χ1n) is 14.2. The van der Waals surface area contributed by atoms with Crippen LogP contribution in [0, 0.1) is 10.8 Å². The summed E-state index contributed by atoms with van der Waals surface area (Å²) in [5.41, 5.74) is -3.35. The summed E-state index contributed by atoms with van der Waals surface area (Å²) >= 11 is 0. The summed E-state index contributed by atoms with van der Waals surface area (Å²) in [5, 5.41) is 5.64. The number of imide groups is 1. The fourth-order valence-electron chi connectivity index (χ4n) is 4.93. The molecule has 240 valence electrons. The van der Waals surface area contributed by atoms with Gasteiger partial charge in [-0.1, -0.05) is 0 Å². The molecule has 3 saturated heterocycles. The van der Waals surface area contributed by atoms with Gasteiger partial charge in [0.2, 0.25) is 11.8 Å². The van der Waals surface area contributed by atoms with Crippen LogP contribution in [0.2, 0.25) is 0 Å². The third kappa shape index (κ3) is 9.91. The Labute approximate surface area is 248 Å². The lowest BCUT2D eigenvalue weighted by Gasteiger charge is -2.34. The first-order valence-corrected chi connectivity index (χ1v) is 14.2. The predicted octanol–water partition coefficient (Wildman–Crippen LogP) is 1.95. The maximum absolute atomic E-state index is 12.7. The molecule has 3 aliphatic heterocycles. The van der Waals surface area contributed by atoms with E-state index in [0.717, 1.165) is 6.54 Å². The Morgan fingerprint density at radius 1 is 0.929 bits per heavy atom. The molecule has 3 aliphatic rings. The molecule has 2 atom stereocenters. The van der Waals surface area contributed by atoms with Crippen molar-refractivity contribution in [3.8, 4) is 0 Å². The maximum atomic E-state index is 12.7. The second-order valence-electron chi connectivity index (χ2n) is 13.5. The van der Waals surface area contributed by atoms with Crippen LogP contribution in [0.1, 0.15) is 74.1 Å². The predicted molar refractivity (Wildman–Crippen MR) is 151 cm³/mol. The van der Waals surface area contributed by atoms with Crippen molar-refractivity contribution in [1.29, 1.82) is 0 Å². The van der Waals surface area contributed by atoms with Crippen LogP contribution in [0.15, 0.2) is 0 Å². The van der Waals surface area contributed by atoms with Gasteiger partial charge in [0.1, 0.15) is 11.0 Å². The second kappa shape index (κ2) is 13.7. The summed E-state index contributed by atoms with van der Waals surface area (Å²) in [6.07, 6.45) is 0.583. The number of rotatable bonds is 4. The average Bonchev–Trinajstić information content (AvgIpc) is 3.13. The molecular formula is C29H49N3O10. The Kier molecular flexibility index (Phi) is 11.5. The van der Waals surface area contributed by atoms with E-state index in [4.69, 9.17) is 18.9 Å².